The summed E-state index contributed by atoms with van der Waals surface area (Å²) in [5.41, 5.74) is 0.319. The molecule has 1 aromatic carbocycles. The van der Waals surface area contributed by atoms with Crippen LogP contribution in [0, 0.1) is 12.7 Å². The molecule has 94 valence electrons. The number of hydrogen-bond acceptors (Lipinski definition) is 4. The van der Waals surface area contributed by atoms with Gasteiger partial charge < -0.3 is 10.6 Å². The first kappa shape index (κ1) is 12.6. The molecule has 0 radical (unpaired) electrons. The van der Waals surface area contributed by atoms with Crippen LogP contribution in [0.4, 0.5) is 21.7 Å². The second-order valence-electron chi connectivity index (χ2n) is 3.68. The molecule has 2 rings (SSSR count). The van der Waals surface area contributed by atoms with Gasteiger partial charge in [0, 0.05) is 18.1 Å². The second kappa shape index (κ2) is 5.18. The molecule has 4 nitrogen and oxygen atoms in total. The third-order valence-corrected chi connectivity index (χ3v) is 2.52. The maximum absolute atomic E-state index is 13.6. The molecule has 0 atom stereocenters. The van der Waals surface area contributed by atoms with Gasteiger partial charge >= 0.3 is 0 Å². The number of aromatic nitrogens is 2. The molecule has 0 amide bonds. The molecule has 0 unspecified atom stereocenters. The lowest BCUT2D eigenvalue weighted by molar-refractivity contribution is 0.632. The van der Waals surface area contributed by atoms with Crippen LogP contribution >= 0.6 is 11.6 Å². The van der Waals surface area contributed by atoms with E-state index < -0.39 is 5.82 Å². The van der Waals surface area contributed by atoms with Crippen molar-refractivity contribution in [1.29, 1.82) is 0 Å². The van der Waals surface area contributed by atoms with Gasteiger partial charge in [-0.05, 0) is 25.1 Å². The van der Waals surface area contributed by atoms with Crippen molar-refractivity contribution in [3.8, 4) is 0 Å². The average Bonchev–Trinajstić information content (AvgIpc) is 2.32. The predicted molar refractivity (Wildman–Crippen MR) is 71.0 cm³/mol. The van der Waals surface area contributed by atoms with E-state index in [2.05, 4.69) is 20.6 Å². The molecule has 0 fully saturated rings. The minimum atomic E-state index is -0.426. The molecule has 2 N–H and O–H groups in total. The van der Waals surface area contributed by atoms with Crippen LogP contribution in [0.1, 0.15) is 5.82 Å². The van der Waals surface area contributed by atoms with Crippen molar-refractivity contribution in [3.05, 3.63) is 40.9 Å². The molecule has 0 saturated heterocycles. The third kappa shape index (κ3) is 2.87. The Morgan fingerprint density at radius 1 is 1.17 bits per heavy atom. The maximum Gasteiger partial charge on any atom is 0.148 e. The van der Waals surface area contributed by atoms with Gasteiger partial charge in [-0.2, -0.15) is 0 Å². The minimum absolute atomic E-state index is 0.319. The van der Waals surface area contributed by atoms with Gasteiger partial charge in [-0.25, -0.2) is 14.4 Å². The second-order valence-corrected chi connectivity index (χ2v) is 4.12. The molecule has 0 spiro atoms. The Morgan fingerprint density at radius 2 is 1.89 bits per heavy atom. The Labute approximate surface area is 109 Å². The summed E-state index contributed by atoms with van der Waals surface area (Å²) in [6.45, 7) is 1.77. The van der Waals surface area contributed by atoms with Crippen molar-refractivity contribution in [3.63, 3.8) is 0 Å². The fourth-order valence-electron chi connectivity index (χ4n) is 1.49. The Balaban J connectivity index is 2.30. The van der Waals surface area contributed by atoms with Gasteiger partial charge in [-0.15, -0.1) is 0 Å². The van der Waals surface area contributed by atoms with Crippen LogP contribution in [0.25, 0.3) is 0 Å². The summed E-state index contributed by atoms with van der Waals surface area (Å²) in [4.78, 5) is 8.33. The van der Waals surface area contributed by atoms with Crippen molar-refractivity contribution >= 4 is 28.9 Å². The number of rotatable bonds is 3. The van der Waals surface area contributed by atoms with E-state index in [1.807, 2.05) is 0 Å². The highest BCUT2D eigenvalue weighted by Crippen LogP contribution is 2.22. The van der Waals surface area contributed by atoms with E-state index in [1.165, 1.54) is 6.07 Å². The van der Waals surface area contributed by atoms with Crippen LogP contribution in [0.3, 0.4) is 0 Å². The zero-order chi connectivity index (χ0) is 13.1. The molecule has 6 heteroatoms. The number of halogens is 2. The number of nitrogens with zero attached hydrogens (tertiary/aromatic N) is 2. The molecular weight excluding hydrogens is 255 g/mol. The Hall–Kier alpha value is -1.88. The van der Waals surface area contributed by atoms with Crippen LogP contribution in [-0.2, 0) is 0 Å². The smallest absolute Gasteiger partial charge is 0.148 e. The highest BCUT2D eigenvalue weighted by atomic mass is 35.5. The summed E-state index contributed by atoms with van der Waals surface area (Å²) in [6, 6.07) is 6.12. The molecular formula is C12H12ClFN4. The van der Waals surface area contributed by atoms with Gasteiger partial charge in [0.25, 0.3) is 0 Å². The lowest BCUT2D eigenvalue weighted by Crippen LogP contribution is -2.02. The van der Waals surface area contributed by atoms with Crippen LogP contribution in [0.2, 0.25) is 5.02 Å². The van der Waals surface area contributed by atoms with E-state index in [-0.39, 0.29) is 0 Å². The number of hydrogen-bond donors (Lipinski definition) is 2. The first-order valence-electron chi connectivity index (χ1n) is 5.34. The first-order chi connectivity index (χ1) is 8.58. The molecule has 0 aliphatic heterocycles. The van der Waals surface area contributed by atoms with Crippen LogP contribution in [-0.4, -0.2) is 17.0 Å². The number of nitrogens with one attached hydrogen (secondary N) is 2. The van der Waals surface area contributed by atoms with Gasteiger partial charge in [-0.1, -0.05) is 11.6 Å². The van der Waals surface area contributed by atoms with Crippen molar-refractivity contribution in [2.45, 2.75) is 6.92 Å². The van der Waals surface area contributed by atoms with E-state index in [1.54, 1.807) is 32.2 Å². The van der Waals surface area contributed by atoms with Crippen molar-refractivity contribution < 1.29 is 4.39 Å². The fraction of sp³-hybridized carbons (Fsp3) is 0.167. The summed E-state index contributed by atoms with van der Waals surface area (Å²) in [7, 11) is 1.76. The lowest BCUT2D eigenvalue weighted by Gasteiger charge is -2.09. The molecule has 0 bridgehead atoms. The summed E-state index contributed by atoms with van der Waals surface area (Å²) in [5.74, 6) is 1.36. The standard InChI is InChI=1S/C12H12ClFN4/c1-7-16-11(15-2)6-12(17-7)18-10-4-3-8(13)5-9(10)14/h3-6H,1-2H3,(H2,15,16,17,18). The number of aryl methyl sites for hydroxylation is 1. The van der Waals surface area contributed by atoms with Crippen LogP contribution in [0.5, 0.6) is 0 Å². The van der Waals surface area contributed by atoms with Crippen molar-refractivity contribution in [1.82, 2.24) is 9.97 Å². The fourth-order valence-corrected chi connectivity index (χ4v) is 1.65. The quantitative estimate of drug-likeness (QED) is 0.894. The van der Waals surface area contributed by atoms with E-state index in [9.17, 15) is 4.39 Å². The van der Waals surface area contributed by atoms with E-state index in [0.717, 1.165) is 0 Å². The SMILES string of the molecule is CNc1cc(Nc2ccc(Cl)cc2F)nc(C)n1. The lowest BCUT2D eigenvalue weighted by atomic mass is 10.3. The normalized spacial score (nSPS) is 10.2. The molecule has 1 aromatic heterocycles. The number of anilines is 3. The van der Waals surface area contributed by atoms with Gasteiger partial charge in [0.2, 0.25) is 0 Å². The highest BCUT2D eigenvalue weighted by molar-refractivity contribution is 6.30. The third-order valence-electron chi connectivity index (χ3n) is 2.29. The van der Waals surface area contributed by atoms with E-state index in [4.69, 9.17) is 11.6 Å². The van der Waals surface area contributed by atoms with Gasteiger partial charge in [-0.3, -0.25) is 0 Å². The Morgan fingerprint density at radius 3 is 2.56 bits per heavy atom. The summed E-state index contributed by atoms with van der Waals surface area (Å²) >= 11 is 5.69. The van der Waals surface area contributed by atoms with Crippen LogP contribution < -0.4 is 10.6 Å². The van der Waals surface area contributed by atoms with Gasteiger partial charge in [0.1, 0.15) is 23.3 Å². The topological polar surface area (TPSA) is 49.8 Å². The maximum atomic E-state index is 13.6. The summed E-state index contributed by atoms with van der Waals surface area (Å²) < 4.78 is 13.6. The molecule has 0 aliphatic carbocycles. The zero-order valence-electron chi connectivity index (χ0n) is 9.96. The van der Waals surface area contributed by atoms with Gasteiger partial charge in [0.05, 0.1) is 5.69 Å². The predicted octanol–water partition coefficient (Wildman–Crippen LogP) is 3.36. The summed E-state index contributed by atoms with van der Waals surface area (Å²) in [6.07, 6.45) is 0. The molecule has 18 heavy (non-hydrogen) atoms. The average molecular weight is 267 g/mol. The zero-order valence-corrected chi connectivity index (χ0v) is 10.7. The van der Waals surface area contributed by atoms with Gasteiger partial charge in [0.15, 0.2) is 0 Å². The van der Waals surface area contributed by atoms with Crippen molar-refractivity contribution in [2.24, 2.45) is 0 Å². The molecule has 1 heterocycles. The van der Waals surface area contributed by atoms with Crippen LogP contribution in [0.15, 0.2) is 24.3 Å². The highest BCUT2D eigenvalue weighted by Gasteiger charge is 2.05. The van der Waals surface area contributed by atoms with Crippen molar-refractivity contribution in [2.75, 3.05) is 17.7 Å². The Bertz CT molecular complexity index is 574. The molecule has 0 saturated carbocycles. The van der Waals surface area contributed by atoms with E-state index >= 15 is 0 Å². The molecule has 2 aromatic rings. The minimum Gasteiger partial charge on any atom is -0.373 e. The molecule has 0 aliphatic rings. The monoisotopic (exact) mass is 266 g/mol. The van der Waals surface area contributed by atoms with E-state index in [0.29, 0.717) is 28.2 Å². The first-order valence-corrected chi connectivity index (χ1v) is 5.72. The number of benzene rings is 1. The summed E-state index contributed by atoms with van der Waals surface area (Å²) in [5, 5.41) is 6.16. The Kier molecular flexibility index (Phi) is 3.62. The largest absolute Gasteiger partial charge is 0.373 e.